The molecule has 0 saturated carbocycles. The van der Waals surface area contributed by atoms with Crippen LogP contribution in [0.4, 0.5) is 4.79 Å². The lowest BCUT2D eigenvalue weighted by atomic mass is 9.94. The van der Waals surface area contributed by atoms with E-state index in [-0.39, 0.29) is 51.3 Å². The SMILES string of the molecule is O=C(NCCO)[C@H](Cc1ccccc1)N1CC2N(C(=O)OCCc3ccc(O)cc3)O[C@H](Cc3ccccc3)C(=O)N2[C@@H](Cc2ccccc2)C1=O. The van der Waals surface area contributed by atoms with Crippen LogP contribution in [0.3, 0.4) is 0 Å². The van der Waals surface area contributed by atoms with Crippen LogP contribution in [0.15, 0.2) is 115 Å². The fraction of sp³-hybridized carbons (Fsp3) is 0.300. The van der Waals surface area contributed by atoms with E-state index in [4.69, 9.17) is 9.57 Å². The molecule has 2 aliphatic rings. The first kappa shape index (κ1) is 36.1. The number of amides is 4. The second kappa shape index (κ2) is 17.0. The molecule has 4 aromatic rings. The number of aliphatic hydroxyl groups excluding tert-OH is 1. The van der Waals surface area contributed by atoms with E-state index in [0.717, 1.165) is 27.3 Å². The van der Waals surface area contributed by atoms with Crippen molar-refractivity contribution >= 4 is 23.8 Å². The molecule has 2 fully saturated rings. The van der Waals surface area contributed by atoms with E-state index in [1.54, 1.807) is 24.3 Å². The van der Waals surface area contributed by atoms with Crippen LogP contribution in [-0.2, 0) is 49.6 Å². The van der Waals surface area contributed by atoms with E-state index in [9.17, 15) is 29.4 Å². The third kappa shape index (κ3) is 8.59. The van der Waals surface area contributed by atoms with Gasteiger partial charge in [0, 0.05) is 32.2 Å². The number of ether oxygens (including phenoxy) is 1. The highest BCUT2D eigenvalue weighted by atomic mass is 16.7. The normalized spacial score (nSPS) is 19.2. The first-order valence-electron chi connectivity index (χ1n) is 17.4. The van der Waals surface area contributed by atoms with Gasteiger partial charge in [-0.15, -0.1) is 0 Å². The van der Waals surface area contributed by atoms with E-state index in [2.05, 4.69) is 5.32 Å². The second-order valence-corrected chi connectivity index (χ2v) is 12.8. The van der Waals surface area contributed by atoms with Gasteiger partial charge in [-0.25, -0.2) is 4.79 Å². The average Bonchev–Trinajstić information content (AvgIpc) is 3.17. The summed E-state index contributed by atoms with van der Waals surface area (Å²) in [6.45, 7) is -0.564. The number of piperazine rings is 1. The number of phenolic OH excluding ortho intramolecular Hbond substituents is 1. The standard InChI is InChI=1S/C40H42N4O8/c45-22-21-41-37(47)33(24-29-10-4-1-5-11-29)42-27-36-43(34(38(42)48)25-30-12-6-2-7-13-30)39(49)35(26-31-14-8-3-9-15-31)52-44(36)40(50)51-23-20-28-16-18-32(46)19-17-28/h1-19,33-36,45-46H,20-27H2,(H,41,47)/t33-,34-,35+,36?/m0/s1. The molecule has 4 amide bonds. The first-order valence-corrected chi connectivity index (χ1v) is 17.4. The maximum Gasteiger partial charge on any atom is 0.436 e. The molecule has 0 aliphatic carbocycles. The van der Waals surface area contributed by atoms with E-state index in [1.165, 1.54) is 9.80 Å². The zero-order chi connectivity index (χ0) is 36.5. The van der Waals surface area contributed by atoms with Gasteiger partial charge in [0.2, 0.25) is 11.8 Å². The number of nitrogens with one attached hydrogen (secondary N) is 1. The molecule has 0 aromatic heterocycles. The highest BCUT2D eigenvalue weighted by Crippen LogP contribution is 2.32. The molecule has 270 valence electrons. The highest BCUT2D eigenvalue weighted by molar-refractivity contribution is 5.95. The number of nitrogens with zero attached hydrogens (tertiary/aromatic N) is 3. The van der Waals surface area contributed by atoms with Crippen molar-refractivity contribution in [3.63, 3.8) is 0 Å². The van der Waals surface area contributed by atoms with Crippen LogP contribution in [0.5, 0.6) is 5.75 Å². The number of benzene rings is 4. The molecule has 12 nitrogen and oxygen atoms in total. The number of rotatable bonds is 13. The molecule has 2 saturated heterocycles. The number of hydrogen-bond acceptors (Lipinski definition) is 8. The summed E-state index contributed by atoms with van der Waals surface area (Å²) in [7, 11) is 0. The van der Waals surface area contributed by atoms with Crippen LogP contribution in [0.2, 0.25) is 0 Å². The largest absolute Gasteiger partial charge is 0.508 e. The Balaban J connectivity index is 1.37. The monoisotopic (exact) mass is 706 g/mol. The first-order chi connectivity index (χ1) is 25.3. The van der Waals surface area contributed by atoms with Crippen LogP contribution in [0.1, 0.15) is 22.3 Å². The van der Waals surface area contributed by atoms with Gasteiger partial charge in [0.05, 0.1) is 19.8 Å². The topological polar surface area (TPSA) is 149 Å². The Hall–Kier alpha value is -5.72. The van der Waals surface area contributed by atoms with Crippen LogP contribution < -0.4 is 5.32 Å². The smallest absolute Gasteiger partial charge is 0.436 e. The van der Waals surface area contributed by atoms with E-state index >= 15 is 0 Å². The predicted octanol–water partition coefficient (Wildman–Crippen LogP) is 3.26. The summed E-state index contributed by atoms with van der Waals surface area (Å²) in [5, 5.41) is 22.9. The summed E-state index contributed by atoms with van der Waals surface area (Å²) in [5.41, 5.74) is 3.21. The molecule has 3 N–H and O–H groups in total. The Morgan fingerprint density at radius 3 is 2.00 bits per heavy atom. The highest BCUT2D eigenvalue weighted by Gasteiger charge is 2.55. The number of fused-ring (bicyclic) bond motifs is 1. The predicted molar refractivity (Wildman–Crippen MR) is 190 cm³/mol. The van der Waals surface area contributed by atoms with Crippen LogP contribution in [-0.4, -0.2) is 99.5 Å². The third-order valence-corrected chi connectivity index (χ3v) is 9.26. The molecular formula is C40H42N4O8. The molecule has 0 radical (unpaired) electrons. The van der Waals surface area contributed by atoms with Gasteiger partial charge < -0.3 is 30.1 Å². The minimum absolute atomic E-state index is 0.0165. The number of hydroxylamine groups is 2. The number of carbonyl (C=O) groups excluding carboxylic acids is 4. The average molecular weight is 707 g/mol. The van der Waals surface area contributed by atoms with E-state index in [1.807, 2.05) is 91.0 Å². The van der Waals surface area contributed by atoms with Crippen molar-refractivity contribution in [1.82, 2.24) is 20.2 Å². The minimum Gasteiger partial charge on any atom is -0.508 e. The van der Waals surface area contributed by atoms with E-state index in [0.29, 0.717) is 6.42 Å². The second-order valence-electron chi connectivity index (χ2n) is 12.8. The lowest BCUT2D eigenvalue weighted by Gasteiger charge is -2.53. The van der Waals surface area contributed by atoms with Gasteiger partial charge in [0.15, 0.2) is 12.3 Å². The molecule has 2 heterocycles. The molecule has 4 aromatic carbocycles. The van der Waals surface area contributed by atoms with E-state index < -0.39 is 48.2 Å². The fourth-order valence-corrected chi connectivity index (χ4v) is 6.66. The summed E-state index contributed by atoms with van der Waals surface area (Å²) < 4.78 is 5.72. The number of carbonyl (C=O) groups is 4. The van der Waals surface area contributed by atoms with Gasteiger partial charge in [-0.05, 0) is 34.4 Å². The summed E-state index contributed by atoms with van der Waals surface area (Å²) in [4.78, 5) is 66.0. The Kier molecular flexibility index (Phi) is 11.8. The van der Waals surface area contributed by atoms with Gasteiger partial charge in [-0.3, -0.25) is 19.2 Å². The molecular weight excluding hydrogens is 664 g/mol. The fourth-order valence-electron chi connectivity index (χ4n) is 6.66. The number of aliphatic hydroxyl groups is 1. The Bertz CT molecular complexity index is 1810. The molecule has 4 atom stereocenters. The summed E-state index contributed by atoms with van der Waals surface area (Å²) in [6, 6.07) is 32.2. The Labute approximate surface area is 302 Å². The van der Waals surface area contributed by atoms with Gasteiger partial charge >= 0.3 is 6.09 Å². The molecule has 0 bridgehead atoms. The van der Waals surface area contributed by atoms with Crippen LogP contribution >= 0.6 is 0 Å². The summed E-state index contributed by atoms with van der Waals surface area (Å²) in [5.74, 6) is -1.27. The molecule has 12 heteroatoms. The van der Waals surface area contributed by atoms with Gasteiger partial charge in [-0.2, -0.15) is 5.06 Å². The maximum atomic E-state index is 14.7. The van der Waals surface area contributed by atoms with Crippen molar-refractivity contribution in [3.05, 3.63) is 138 Å². The zero-order valence-electron chi connectivity index (χ0n) is 28.6. The Morgan fingerprint density at radius 2 is 1.38 bits per heavy atom. The van der Waals surface area contributed by atoms with Gasteiger partial charge in [0.1, 0.15) is 17.8 Å². The summed E-state index contributed by atoms with van der Waals surface area (Å²) >= 11 is 0. The number of aromatic hydroxyl groups is 1. The minimum atomic E-state index is -1.14. The molecule has 52 heavy (non-hydrogen) atoms. The van der Waals surface area contributed by atoms with Gasteiger partial charge in [0.25, 0.3) is 5.91 Å². The van der Waals surface area contributed by atoms with Crippen molar-refractivity contribution in [3.8, 4) is 5.75 Å². The molecule has 1 unspecified atom stereocenters. The van der Waals surface area contributed by atoms with Crippen LogP contribution in [0, 0.1) is 0 Å². The van der Waals surface area contributed by atoms with Crippen molar-refractivity contribution in [2.75, 3.05) is 26.3 Å². The van der Waals surface area contributed by atoms with Crippen molar-refractivity contribution < 1.29 is 39.0 Å². The lowest BCUT2D eigenvalue weighted by Crippen LogP contribution is -2.75. The molecule has 6 rings (SSSR count). The lowest BCUT2D eigenvalue weighted by molar-refractivity contribution is -0.267. The maximum absolute atomic E-state index is 14.7. The Morgan fingerprint density at radius 1 is 0.788 bits per heavy atom. The van der Waals surface area contributed by atoms with Crippen molar-refractivity contribution in [1.29, 1.82) is 0 Å². The zero-order valence-corrected chi connectivity index (χ0v) is 28.6. The molecule has 2 aliphatic heterocycles. The molecule has 0 spiro atoms. The third-order valence-electron chi connectivity index (χ3n) is 9.26. The number of hydrogen-bond donors (Lipinski definition) is 3. The van der Waals surface area contributed by atoms with Gasteiger partial charge in [-0.1, -0.05) is 103 Å². The van der Waals surface area contributed by atoms with Crippen molar-refractivity contribution in [2.24, 2.45) is 0 Å². The quantitative estimate of drug-likeness (QED) is 0.192. The van der Waals surface area contributed by atoms with Crippen molar-refractivity contribution in [2.45, 2.75) is 50.0 Å². The van der Waals surface area contributed by atoms with Crippen LogP contribution in [0.25, 0.3) is 0 Å². The number of phenols is 1. The summed E-state index contributed by atoms with van der Waals surface area (Å²) in [6.07, 6.45) is -2.36.